The molecule has 0 saturated carbocycles. The highest BCUT2D eigenvalue weighted by atomic mass is 32.2. The monoisotopic (exact) mass is 376 g/mol. The van der Waals surface area contributed by atoms with Crippen molar-refractivity contribution in [3.05, 3.63) is 35.7 Å². The molecule has 0 fully saturated rings. The van der Waals surface area contributed by atoms with Crippen LogP contribution in [-0.2, 0) is 27.9 Å². The van der Waals surface area contributed by atoms with Gasteiger partial charge in [0, 0.05) is 0 Å². The maximum Gasteiger partial charge on any atom is 0.270 e. The molecule has 2 aromatic heterocycles. The van der Waals surface area contributed by atoms with Gasteiger partial charge in [0.2, 0.25) is 10.0 Å². The number of aromatic nitrogens is 4. The lowest BCUT2D eigenvalue weighted by molar-refractivity contribution is -0.118. The van der Waals surface area contributed by atoms with Gasteiger partial charge in [-0.1, -0.05) is 17.3 Å². The largest absolute Gasteiger partial charge is 0.305 e. The summed E-state index contributed by atoms with van der Waals surface area (Å²) in [6.45, 7) is 0.122. The number of terminal acetylenes is 1. The standard InChI is InChI=1S/C14H12N6O3S2/c1-2-5-20-11-4-3-10(25(15,22)23)6-12(11)24-14(20)18-13(21)7-19-9-16-8-17-19/h1,3-4,6,8-9H,5,7H2,(H2,15,22,23). The number of hydrogen-bond donors (Lipinski definition) is 1. The van der Waals surface area contributed by atoms with Crippen LogP contribution in [0.5, 0.6) is 0 Å². The van der Waals surface area contributed by atoms with Crippen molar-refractivity contribution in [3.63, 3.8) is 0 Å². The highest BCUT2D eigenvalue weighted by Crippen LogP contribution is 2.21. The van der Waals surface area contributed by atoms with Crippen molar-refractivity contribution in [2.45, 2.75) is 18.0 Å². The van der Waals surface area contributed by atoms with Gasteiger partial charge < -0.3 is 4.57 Å². The van der Waals surface area contributed by atoms with Crippen LogP contribution in [0.4, 0.5) is 0 Å². The molecule has 0 unspecified atom stereocenters. The van der Waals surface area contributed by atoms with Crippen LogP contribution < -0.4 is 9.94 Å². The van der Waals surface area contributed by atoms with E-state index in [4.69, 9.17) is 11.6 Å². The van der Waals surface area contributed by atoms with Gasteiger partial charge >= 0.3 is 0 Å². The molecule has 9 nitrogen and oxygen atoms in total. The molecule has 2 heterocycles. The average molecular weight is 376 g/mol. The molecule has 0 aliphatic heterocycles. The summed E-state index contributed by atoms with van der Waals surface area (Å²) in [6, 6.07) is 4.41. The van der Waals surface area contributed by atoms with Crippen LogP contribution in [0.2, 0.25) is 0 Å². The number of thiazole rings is 1. The second kappa shape index (κ2) is 6.60. The summed E-state index contributed by atoms with van der Waals surface area (Å²) in [5.41, 5.74) is 0.669. The summed E-state index contributed by atoms with van der Waals surface area (Å²) in [6.07, 6.45) is 8.12. The van der Waals surface area contributed by atoms with Gasteiger partial charge in [0.1, 0.15) is 19.2 Å². The van der Waals surface area contributed by atoms with E-state index < -0.39 is 15.9 Å². The summed E-state index contributed by atoms with van der Waals surface area (Å²) < 4.78 is 26.6. The second-order valence-corrected chi connectivity index (χ2v) is 7.52. The highest BCUT2D eigenvalue weighted by molar-refractivity contribution is 7.89. The number of carbonyl (C=O) groups excluding carboxylic acids is 1. The minimum absolute atomic E-state index is 0.0189. The lowest BCUT2D eigenvalue weighted by Gasteiger charge is -2.01. The van der Waals surface area contributed by atoms with Crippen molar-refractivity contribution >= 4 is 37.5 Å². The summed E-state index contributed by atoms with van der Waals surface area (Å²) in [7, 11) is -3.83. The van der Waals surface area contributed by atoms with Crippen LogP contribution in [0.3, 0.4) is 0 Å². The number of amides is 1. The smallest absolute Gasteiger partial charge is 0.270 e. The molecule has 0 radical (unpaired) electrons. The summed E-state index contributed by atoms with van der Waals surface area (Å²) in [5.74, 6) is 2.06. The molecule has 2 N–H and O–H groups in total. The fourth-order valence-corrected chi connectivity index (χ4v) is 3.86. The van der Waals surface area contributed by atoms with E-state index in [2.05, 4.69) is 21.0 Å². The van der Waals surface area contributed by atoms with Gasteiger partial charge in [0.05, 0.1) is 21.7 Å². The molecular weight excluding hydrogens is 364 g/mol. The maximum absolute atomic E-state index is 12.1. The number of carbonyl (C=O) groups is 1. The van der Waals surface area contributed by atoms with Gasteiger partial charge in [-0.05, 0) is 18.2 Å². The molecule has 0 atom stereocenters. The predicted molar refractivity (Wildman–Crippen MR) is 90.6 cm³/mol. The van der Waals surface area contributed by atoms with E-state index in [0.717, 1.165) is 11.3 Å². The Kier molecular flexibility index (Phi) is 4.49. The Morgan fingerprint density at radius 2 is 2.24 bits per heavy atom. The van der Waals surface area contributed by atoms with Crippen molar-refractivity contribution in [2.75, 3.05) is 0 Å². The van der Waals surface area contributed by atoms with E-state index in [9.17, 15) is 13.2 Å². The number of fused-ring (bicyclic) bond motifs is 1. The molecule has 11 heteroatoms. The second-order valence-electron chi connectivity index (χ2n) is 4.95. The number of hydrogen-bond acceptors (Lipinski definition) is 6. The number of sulfonamides is 1. The van der Waals surface area contributed by atoms with E-state index >= 15 is 0 Å². The number of nitrogens with two attached hydrogens (primary N) is 1. The zero-order valence-electron chi connectivity index (χ0n) is 12.7. The van der Waals surface area contributed by atoms with Crippen molar-refractivity contribution in [2.24, 2.45) is 10.1 Å². The van der Waals surface area contributed by atoms with Crippen molar-refractivity contribution in [1.29, 1.82) is 0 Å². The van der Waals surface area contributed by atoms with E-state index in [1.54, 1.807) is 10.6 Å². The van der Waals surface area contributed by atoms with Crippen LogP contribution in [0, 0.1) is 12.3 Å². The van der Waals surface area contributed by atoms with Gasteiger partial charge in [-0.2, -0.15) is 10.1 Å². The van der Waals surface area contributed by atoms with Crippen molar-refractivity contribution in [1.82, 2.24) is 19.3 Å². The molecule has 0 aliphatic rings. The molecule has 128 valence electrons. The molecule has 0 bridgehead atoms. The molecule has 1 amide bonds. The van der Waals surface area contributed by atoms with Gasteiger partial charge in [-0.3, -0.25) is 4.79 Å². The van der Waals surface area contributed by atoms with E-state index in [-0.39, 0.29) is 18.0 Å². The first-order chi connectivity index (χ1) is 11.9. The summed E-state index contributed by atoms with van der Waals surface area (Å²) in [4.78, 5) is 20.3. The fraction of sp³-hybridized carbons (Fsp3) is 0.143. The molecular formula is C14H12N6O3S2. The van der Waals surface area contributed by atoms with Crippen molar-refractivity contribution < 1.29 is 13.2 Å². The van der Waals surface area contributed by atoms with Gasteiger partial charge in [-0.25, -0.2) is 23.2 Å². The first kappa shape index (κ1) is 17.0. The molecule has 25 heavy (non-hydrogen) atoms. The Labute approximate surface area is 146 Å². The molecule has 0 saturated heterocycles. The normalized spacial score (nSPS) is 12.4. The highest BCUT2D eigenvalue weighted by Gasteiger charge is 2.13. The maximum atomic E-state index is 12.1. The van der Waals surface area contributed by atoms with Crippen LogP contribution >= 0.6 is 11.3 Å². The topological polar surface area (TPSA) is 125 Å². The van der Waals surface area contributed by atoms with Gasteiger partial charge in [0.15, 0.2) is 4.80 Å². The number of benzene rings is 1. The van der Waals surface area contributed by atoms with Crippen LogP contribution in [0.15, 0.2) is 40.7 Å². The predicted octanol–water partition coefficient (Wildman–Crippen LogP) is -0.298. The van der Waals surface area contributed by atoms with Gasteiger partial charge in [-0.15, -0.1) is 6.42 Å². The Balaban J connectivity index is 2.10. The van der Waals surface area contributed by atoms with Crippen LogP contribution in [-0.4, -0.2) is 33.7 Å². The average Bonchev–Trinajstić information content (AvgIpc) is 3.15. The summed E-state index contributed by atoms with van der Waals surface area (Å²) >= 11 is 1.15. The SMILES string of the molecule is C#CCn1c(=NC(=O)Cn2cncn2)sc2cc(S(N)(=O)=O)ccc21. The lowest BCUT2D eigenvalue weighted by Crippen LogP contribution is -2.18. The fourth-order valence-electron chi connectivity index (χ4n) is 2.15. The Bertz CT molecular complexity index is 1150. The molecule has 3 aromatic rings. The van der Waals surface area contributed by atoms with E-state index in [1.807, 2.05) is 0 Å². The Morgan fingerprint density at radius 3 is 2.88 bits per heavy atom. The first-order valence-corrected chi connectivity index (χ1v) is 9.24. The third-order valence-electron chi connectivity index (χ3n) is 3.22. The quantitative estimate of drug-likeness (QED) is 0.626. The van der Waals surface area contributed by atoms with Crippen LogP contribution in [0.1, 0.15) is 0 Å². The number of primary sulfonamides is 1. The number of nitrogens with zero attached hydrogens (tertiary/aromatic N) is 5. The van der Waals surface area contributed by atoms with E-state index in [1.165, 1.54) is 29.5 Å². The third-order valence-corrected chi connectivity index (χ3v) is 5.17. The molecule has 1 aromatic carbocycles. The molecule has 0 spiro atoms. The minimum Gasteiger partial charge on any atom is -0.305 e. The lowest BCUT2D eigenvalue weighted by atomic mass is 10.3. The van der Waals surface area contributed by atoms with Gasteiger partial charge in [0.25, 0.3) is 5.91 Å². The molecule has 3 rings (SSSR count). The minimum atomic E-state index is -3.83. The summed E-state index contributed by atoms with van der Waals surface area (Å²) in [5, 5.41) is 9.00. The van der Waals surface area contributed by atoms with E-state index in [0.29, 0.717) is 15.0 Å². The Hall–Kier alpha value is -2.81. The van der Waals surface area contributed by atoms with Crippen molar-refractivity contribution in [3.8, 4) is 12.3 Å². The van der Waals surface area contributed by atoms with Crippen LogP contribution in [0.25, 0.3) is 10.2 Å². The zero-order valence-corrected chi connectivity index (χ0v) is 14.4. The number of rotatable bonds is 4. The molecule has 0 aliphatic carbocycles. The zero-order chi connectivity index (χ0) is 18.0. The first-order valence-electron chi connectivity index (χ1n) is 6.88. The third kappa shape index (κ3) is 3.66. The Morgan fingerprint density at radius 1 is 1.44 bits per heavy atom.